The summed E-state index contributed by atoms with van der Waals surface area (Å²) < 4.78 is 34.6. The molecule has 0 spiro atoms. The van der Waals surface area contributed by atoms with Crippen LogP contribution in [0.25, 0.3) is 0 Å². The van der Waals surface area contributed by atoms with Crippen molar-refractivity contribution >= 4 is 33.5 Å². The van der Waals surface area contributed by atoms with Gasteiger partial charge >= 0.3 is 23.1 Å². The third-order valence-corrected chi connectivity index (χ3v) is 3.68. The zero-order valence-corrected chi connectivity index (χ0v) is 15.2. The first-order chi connectivity index (χ1) is 9.06. The zero-order chi connectivity index (χ0) is 14.4. The van der Waals surface area contributed by atoms with Gasteiger partial charge < -0.3 is 4.55 Å². The van der Waals surface area contributed by atoms with Gasteiger partial charge in [-0.1, -0.05) is 77.6 Å². The molecule has 0 radical (unpaired) electrons. The van der Waals surface area contributed by atoms with Gasteiger partial charge in [-0.15, -0.1) is 0 Å². The Morgan fingerprint density at radius 3 is 1.45 bits per heavy atom. The Hall–Kier alpha value is 0.636. The van der Waals surface area contributed by atoms with E-state index in [-0.39, 0.29) is 29.7 Å². The van der Waals surface area contributed by atoms with Gasteiger partial charge in [0, 0.05) is 0 Å². The summed E-state index contributed by atoms with van der Waals surface area (Å²) in [6, 6.07) is 0. The van der Waals surface area contributed by atoms with Crippen LogP contribution in [0.3, 0.4) is 0 Å². The molecule has 0 bridgehead atoms. The van der Waals surface area contributed by atoms with Crippen molar-refractivity contribution in [3.63, 3.8) is 0 Å². The van der Waals surface area contributed by atoms with Crippen molar-refractivity contribution in [3.8, 4) is 0 Å². The number of hydrogen-bond acceptors (Lipinski definition) is 4. The maximum absolute atomic E-state index is 10.2. The van der Waals surface area contributed by atoms with E-state index in [4.69, 9.17) is 0 Å². The van der Waals surface area contributed by atoms with Crippen LogP contribution in [0.15, 0.2) is 0 Å². The van der Waals surface area contributed by atoms with E-state index in [1.807, 2.05) is 0 Å². The predicted octanol–water partition coefficient (Wildman–Crippen LogP) is 3.78. The SMILES string of the molecule is CCCCCCCCCCCCCCOS(=O)(=O)[O-].[Mg+2]. The van der Waals surface area contributed by atoms with Crippen LogP contribution in [0.5, 0.6) is 0 Å². The minimum Gasteiger partial charge on any atom is -0.726 e. The van der Waals surface area contributed by atoms with Crippen LogP contribution in [-0.2, 0) is 14.6 Å². The molecule has 0 saturated carbocycles. The topological polar surface area (TPSA) is 66.4 Å². The van der Waals surface area contributed by atoms with Gasteiger partial charge in [0.25, 0.3) is 0 Å². The Kier molecular flexibility index (Phi) is 18.3. The summed E-state index contributed by atoms with van der Waals surface area (Å²) in [6.45, 7) is 2.26. The molecule has 6 heteroatoms. The smallest absolute Gasteiger partial charge is 0.726 e. The summed E-state index contributed by atoms with van der Waals surface area (Å²) in [5.74, 6) is 0. The molecule has 0 aliphatic rings. The molecule has 0 aromatic rings. The Morgan fingerprint density at radius 1 is 0.750 bits per heavy atom. The molecule has 0 atom stereocenters. The van der Waals surface area contributed by atoms with Gasteiger partial charge in [0.05, 0.1) is 6.61 Å². The third kappa shape index (κ3) is 20.9. The zero-order valence-electron chi connectivity index (χ0n) is 12.9. The number of rotatable bonds is 14. The minimum absolute atomic E-state index is 0. The largest absolute Gasteiger partial charge is 2.00 e. The maximum Gasteiger partial charge on any atom is 2.00 e. The van der Waals surface area contributed by atoms with Gasteiger partial charge in [0.1, 0.15) is 0 Å². The van der Waals surface area contributed by atoms with Gasteiger partial charge in [0.15, 0.2) is 0 Å². The molecule has 4 nitrogen and oxygen atoms in total. The molecule has 116 valence electrons. The fourth-order valence-electron chi connectivity index (χ4n) is 2.10. The van der Waals surface area contributed by atoms with Gasteiger partial charge in [-0.25, -0.2) is 8.42 Å². The second kappa shape index (κ2) is 16.0. The maximum atomic E-state index is 10.2. The van der Waals surface area contributed by atoms with Gasteiger partial charge in [-0.05, 0) is 6.42 Å². The first-order valence-electron chi connectivity index (χ1n) is 7.66. The summed E-state index contributed by atoms with van der Waals surface area (Å²) in [7, 11) is -4.49. The molecular formula is C14H29MgO4S+. The van der Waals surface area contributed by atoms with E-state index in [1.54, 1.807) is 0 Å². The fraction of sp³-hybridized carbons (Fsp3) is 1.00. The second-order valence-electron chi connectivity index (χ2n) is 5.12. The van der Waals surface area contributed by atoms with Crippen LogP contribution in [0.1, 0.15) is 84.0 Å². The van der Waals surface area contributed by atoms with Crippen LogP contribution >= 0.6 is 0 Å². The van der Waals surface area contributed by atoms with E-state index in [1.165, 1.54) is 57.8 Å². The van der Waals surface area contributed by atoms with Crippen LogP contribution in [-0.4, -0.2) is 42.6 Å². The second-order valence-corrected chi connectivity index (χ2v) is 6.17. The average Bonchev–Trinajstić information content (AvgIpc) is 2.34. The Labute approximate surface area is 141 Å². The van der Waals surface area contributed by atoms with E-state index in [2.05, 4.69) is 11.1 Å². The van der Waals surface area contributed by atoms with Crippen LogP contribution in [0, 0.1) is 0 Å². The fourth-order valence-corrected chi connectivity index (χ4v) is 2.43. The molecule has 0 aromatic heterocycles. The molecule has 0 unspecified atom stereocenters. The molecule has 0 N–H and O–H groups in total. The summed E-state index contributed by atoms with van der Waals surface area (Å²) >= 11 is 0. The van der Waals surface area contributed by atoms with Crippen molar-refractivity contribution in [1.29, 1.82) is 0 Å². The summed E-state index contributed by atoms with van der Waals surface area (Å²) in [5.41, 5.74) is 0. The van der Waals surface area contributed by atoms with Gasteiger partial charge in [-0.2, -0.15) is 0 Å². The molecule has 0 aliphatic heterocycles. The average molecular weight is 318 g/mol. The first kappa shape index (κ1) is 22.9. The molecule has 0 aliphatic carbocycles. The molecule has 0 fully saturated rings. The van der Waals surface area contributed by atoms with Crippen molar-refractivity contribution in [2.24, 2.45) is 0 Å². The standard InChI is InChI=1S/C14H30O4S.Mg/c1-2-3-4-5-6-7-8-9-10-11-12-13-14-18-19(15,16)17;/h2-14H2,1H3,(H,15,16,17);/q;+2/p-1. The normalized spacial score (nSPS) is 11.3. The third-order valence-electron chi connectivity index (χ3n) is 3.23. The van der Waals surface area contributed by atoms with Crippen molar-refractivity contribution in [1.82, 2.24) is 0 Å². The Balaban J connectivity index is 0. The van der Waals surface area contributed by atoms with Gasteiger partial charge in [0.2, 0.25) is 10.4 Å². The van der Waals surface area contributed by atoms with E-state index in [9.17, 15) is 13.0 Å². The van der Waals surface area contributed by atoms with Crippen molar-refractivity contribution in [3.05, 3.63) is 0 Å². The van der Waals surface area contributed by atoms with Crippen molar-refractivity contribution < 1.29 is 17.2 Å². The first-order valence-corrected chi connectivity index (χ1v) is 9.00. The summed E-state index contributed by atoms with van der Waals surface area (Å²) in [4.78, 5) is 0. The minimum atomic E-state index is -4.49. The Morgan fingerprint density at radius 2 is 1.10 bits per heavy atom. The monoisotopic (exact) mass is 317 g/mol. The number of hydrogen-bond donors (Lipinski definition) is 0. The van der Waals surface area contributed by atoms with Gasteiger partial charge in [-0.3, -0.25) is 4.18 Å². The summed E-state index contributed by atoms with van der Waals surface area (Å²) in [6.07, 6.45) is 14.5. The van der Waals surface area contributed by atoms with Crippen molar-refractivity contribution in [2.45, 2.75) is 84.0 Å². The quantitative estimate of drug-likeness (QED) is 0.212. The van der Waals surface area contributed by atoms with Crippen LogP contribution < -0.4 is 0 Å². The van der Waals surface area contributed by atoms with Crippen LogP contribution in [0.2, 0.25) is 0 Å². The molecule has 0 aromatic carbocycles. The Bertz CT molecular complexity index is 281. The van der Waals surface area contributed by atoms with E-state index in [0.717, 1.165) is 12.8 Å². The molecule has 0 saturated heterocycles. The van der Waals surface area contributed by atoms with E-state index < -0.39 is 10.4 Å². The molecule has 0 heterocycles. The molecule has 20 heavy (non-hydrogen) atoms. The van der Waals surface area contributed by atoms with E-state index >= 15 is 0 Å². The summed E-state index contributed by atoms with van der Waals surface area (Å²) in [5, 5.41) is 0. The molecule has 0 amide bonds. The van der Waals surface area contributed by atoms with Crippen LogP contribution in [0.4, 0.5) is 0 Å². The number of unbranched alkanes of at least 4 members (excludes halogenated alkanes) is 11. The molecular weight excluding hydrogens is 289 g/mol. The van der Waals surface area contributed by atoms with Crippen molar-refractivity contribution in [2.75, 3.05) is 6.61 Å². The van der Waals surface area contributed by atoms with E-state index in [0.29, 0.717) is 6.42 Å². The molecule has 0 rings (SSSR count). The predicted molar refractivity (Wildman–Crippen MR) is 82.5 cm³/mol.